The van der Waals surface area contributed by atoms with E-state index in [1.807, 2.05) is 18.2 Å². The van der Waals surface area contributed by atoms with Gasteiger partial charge < -0.3 is 4.90 Å². The van der Waals surface area contributed by atoms with Crippen LogP contribution in [-0.4, -0.2) is 56.4 Å². The fourth-order valence-electron chi connectivity index (χ4n) is 5.14. The van der Waals surface area contributed by atoms with Gasteiger partial charge in [0.25, 0.3) is 20.2 Å². The molecular formula is C29H37NO8S4. The molecule has 0 bridgehead atoms. The van der Waals surface area contributed by atoms with Crippen LogP contribution in [0.1, 0.15) is 45.1 Å². The Hall–Kier alpha value is -1.84. The molecule has 3 aliphatic rings. The maximum Gasteiger partial charge on any atom is 0.264 e. The van der Waals surface area contributed by atoms with E-state index in [0.717, 1.165) is 38.1 Å². The molecule has 0 radical (unpaired) electrons. The van der Waals surface area contributed by atoms with E-state index in [1.165, 1.54) is 18.3 Å². The molecule has 1 aliphatic carbocycles. The van der Waals surface area contributed by atoms with Crippen LogP contribution in [0.25, 0.3) is 0 Å². The summed E-state index contributed by atoms with van der Waals surface area (Å²) >= 11 is 3.37. The summed E-state index contributed by atoms with van der Waals surface area (Å²) in [5.74, 6) is -0.434. The molecular weight excluding hydrogens is 619 g/mol. The summed E-state index contributed by atoms with van der Waals surface area (Å²) in [5, 5.41) is 1.18. The maximum atomic E-state index is 11.4. The molecule has 2 heterocycles. The highest BCUT2D eigenvalue weighted by Crippen LogP contribution is 2.50. The number of benzene rings is 1. The van der Waals surface area contributed by atoms with Crippen molar-refractivity contribution in [1.29, 1.82) is 0 Å². The van der Waals surface area contributed by atoms with Gasteiger partial charge in [-0.25, -0.2) is 9.78 Å². The van der Waals surface area contributed by atoms with Gasteiger partial charge in [-0.1, -0.05) is 48.6 Å². The number of anilines is 1. The average Bonchev–Trinajstić information content (AvgIpc) is 3.42. The molecule has 0 saturated carbocycles. The lowest BCUT2D eigenvalue weighted by molar-refractivity contribution is -0.282. The number of nitrogens with zero attached hydrogens (tertiary/aromatic N) is 1. The lowest BCUT2D eigenvalue weighted by Crippen LogP contribution is -2.22. The molecule has 230 valence electrons. The highest BCUT2D eigenvalue weighted by Gasteiger charge is 2.33. The molecule has 1 aromatic carbocycles. The fraction of sp³-hybridized carbons (Fsp3) is 0.448. The van der Waals surface area contributed by atoms with Gasteiger partial charge in [-0.3, -0.25) is 9.11 Å². The number of hydrogen-bond acceptors (Lipinski definition) is 9. The van der Waals surface area contributed by atoms with Gasteiger partial charge in [0.05, 0.1) is 29.3 Å². The molecule has 0 amide bonds. The molecule has 2 N–H and O–H groups in total. The maximum absolute atomic E-state index is 11.4. The Morgan fingerprint density at radius 3 is 2.55 bits per heavy atom. The lowest BCUT2D eigenvalue weighted by Gasteiger charge is -2.21. The zero-order valence-electron chi connectivity index (χ0n) is 23.9. The van der Waals surface area contributed by atoms with E-state index in [9.17, 15) is 25.9 Å². The topological polar surface area (TPSA) is 130 Å². The molecule has 0 saturated heterocycles. The van der Waals surface area contributed by atoms with Crippen molar-refractivity contribution in [3.63, 3.8) is 0 Å². The molecule has 13 heteroatoms. The Balaban J connectivity index is 1.67. The van der Waals surface area contributed by atoms with Gasteiger partial charge in [-0.05, 0) is 73.6 Å². The number of rotatable bonds is 14. The Bertz CT molecular complexity index is 1540. The van der Waals surface area contributed by atoms with Gasteiger partial charge in [-0.15, -0.1) is 11.8 Å². The smallest absolute Gasteiger partial charge is 0.264 e. The van der Waals surface area contributed by atoms with Crippen molar-refractivity contribution in [3.05, 3.63) is 80.8 Å². The molecule has 0 aromatic heterocycles. The van der Waals surface area contributed by atoms with Crippen molar-refractivity contribution in [2.75, 3.05) is 30.1 Å². The standard InChI is InChI=1S/C29H37NO8S4/c1-4-21(17-28-23(7-5-13-41(31,32)33)24-15-20(2)8-10-26(24)39-28)18-29-30(12-6-14-42(34,35)36)25-16-22(19-38-37-3)9-11-27(25)40-29/h8-11,15-18,24,26H,4-7,12-14,19H2,1-3H3,(H,31,32,33)(H,34,35,36)/b21-17+,29-18-. The first-order chi connectivity index (χ1) is 19.9. The highest BCUT2D eigenvalue weighted by molar-refractivity contribution is 8.04. The van der Waals surface area contributed by atoms with Crippen molar-refractivity contribution in [2.24, 2.45) is 5.92 Å². The summed E-state index contributed by atoms with van der Waals surface area (Å²) in [5.41, 5.74) is 5.27. The largest absolute Gasteiger partial charge is 0.335 e. The van der Waals surface area contributed by atoms with E-state index in [0.29, 0.717) is 19.4 Å². The fourth-order valence-corrected chi connectivity index (χ4v) is 8.74. The minimum absolute atomic E-state index is 0.174. The van der Waals surface area contributed by atoms with Crippen LogP contribution in [0.3, 0.4) is 0 Å². The molecule has 1 aromatic rings. The summed E-state index contributed by atoms with van der Waals surface area (Å²) in [6.45, 7) is 4.80. The van der Waals surface area contributed by atoms with Crippen LogP contribution in [0.5, 0.6) is 0 Å². The second-order valence-corrected chi connectivity index (χ2v) is 15.8. The summed E-state index contributed by atoms with van der Waals surface area (Å²) in [7, 11) is -6.67. The van der Waals surface area contributed by atoms with E-state index in [2.05, 4.69) is 49.1 Å². The van der Waals surface area contributed by atoms with Crippen LogP contribution < -0.4 is 4.90 Å². The predicted molar refractivity (Wildman–Crippen MR) is 169 cm³/mol. The van der Waals surface area contributed by atoms with Crippen LogP contribution in [-0.2, 0) is 36.6 Å². The third-order valence-electron chi connectivity index (χ3n) is 7.13. The highest BCUT2D eigenvalue weighted by atomic mass is 32.2. The van der Waals surface area contributed by atoms with Gasteiger partial charge in [0.15, 0.2) is 0 Å². The normalized spacial score (nSPS) is 21.7. The van der Waals surface area contributed by atoms with Gasteiger partial charge in [0.1, 0.15) is 6.61 Å². The molecule has 0 fully saturated rings. The van der Waals surface area contributed by atoms with Crippen molar-refractivity contribution >= 4 is 49.4 Å². The first kappa shape index (κ1) is 33.1. The molecule has 42 heavy (non-hydrogen) atoms. The third kappa shape index (κ3) is 9.08. The minimum Gasteiger partial charge on any atom is -0.335 e. The van der Waals surface area contributed by atoms with Gasteiger partial charge in [0, 0.05) is 27.5 Å². The van der Waals surface area contributed by atoms with E-state index in [1.54, 1.807) is 23.5 Å². The number of fused-ring (bicyclic) bond motifs is 2. The monoisotopic (exact) mass is 655 g/mol. The van der Waals surface area contributed by atoms with Crippen LogP contribution in [0.2, 0.25) is 0 Å². The Kier molecular flexibility index (Phi) is 11.3. The molecule has 2 aliphatic heterocycles. The predicted octanol–water partition coefficient (Wildman–Crippen LogP) is 6.30. The van der Waals surface area contributed by atoms with Crippen LogP contribution in [0.15, 0.2) is 80.1 Å². The quantitative estimate of drug-likeness (QED) is 0.133. The van der Waals surface area contributed by atoms with Crippen molar-refractivity contribution < 1.29 is 35.7 Å². The van der Waals surface area contributed by atoms with Gasteiger partial charge in [0.2, 0.25) is 0 Å². The Morgan fingerprint density at radius 1 is 1.12 bits per heavy atom. The number of hydrogen-bond donors (Lipinski definition) is 2. The summed E-state index contributed by atoms with van der Waals surface area (Å²) in [4.78, 5) is 14.1. The van der Waals surface area contributed by atoms with Crippen LogP contribution in [0.4, 0.5) is 5.69 Å². The van der Waals surface area contributed by atoms with Crippen LogP contribution >= 0.6 is 23.5 Å². The van der Waals surface area contributed by atoms with Gasteiger partial charge in [-0.2, -0.15) is 16.8 Å². The molecule has 9 nitrogen and oxygen atoms in total. The zero-order valence-corrected chi connectivity index (χ0v) is 27.1. The second-order valence-electron chi connectivity index (χ2n) is 10.3. The summed E-state index contributed by atoms with van der Waals surface area (Å²) < 4.78 is 64.2. The van der Waals surface area contributed by atoms with Gasteiger partial charge >= 0.3 is 0 Å². The van der Waals surface area contributed by atoms with E-state index < -0.39 is 20.2 Å². The Morgan fingerprint density at radius 2 is 1.86 bits per heavy atom. The van der Waals surface area contributed by atoms with Crippen molar-refractivity contribution in [3.8, 4) is 0 Å². The second kappa shape index (κ2) is 14.3. The van der Waals surface area contributed by atoms with E-state index in [4.69, 9.17) is 9.78 Å². The summed E-state index contributed by atoms with van der Waals surface area (Å²) in [6, 6.07) is 5.97. The zero-order chi connectivity index (χ0) is 30.5. The van der Waals surface area contributed by atoms with E-state index in [-0.39, 0.29) is 35.7 Å². The average molecular weight is 656 g/mol. The lowest BCUT2D eigenvalue weighted by atomic mass is 9.87. The molecule has 2 unspecified atom stereocenters. The van der Waals surface area contributed by atoms with Crippen LogP contribution in [0, 0.1) is 5.92 Å². The van der Waals surface area contributed by atoms with E-state index >= 15 is 0 Å². The SMILES string of the molecule is CCC(/C=C1\Sc2ccc(COOC)cc2N1CCCS(=O)(=O)O)=C\C1=C(CCCS(=O)(=O)O)C2C=C(C)C=CC2S1. The minimum atomic E-state index is -4.09. The first-order valence-corrected chi connectivity index (χ1v) is 18.6. The molecule has 4 rings (SSSR count). The third-order valence-corrected chi connectivity index (χ3v) is 11.2. The molecule has 2 atom stereocenters. The molecule has 0 spiro atoms. The first-order valence-electron chi connectivity index (χ1n) is 13.7. The van der Waals surface area contributed by atoms with Crippen molar-refractivity contribution in [2.45, 2.75) is 56.3 Å². The number of allylic oxidation sites excluding steroid dienone is 7. The van der Waals surface area contributed by atoms with Crippen molar-refractivity contribution in [1.82, 2.24) is 0 Å². The Labute approximate surface area is 257 Å². The number of thioether (sulfide) groups is 2. The summed E-state index contributed by atoms with van der Waals surface area (Å²) in [6.07, 6.45) is 12.7.